The van der Waals surface area contributed by atoms with Gasteiger partial charge >= 0.3 is 5.97 Å². The average molecular weight is 506 g/mol. The van der Waals surface area contributed by atoms with Crippen LogP contribution in [-0.2, 0) is 22.4 Å². The SMILES string of the molecule is CCOC(=O)c1c(-n2c(C)cc(/C=C3/SC(=Nc4ccccc4)NC3=O)c2C)sc2c1CCCC2. The van der Waals surface area contributed by atoms with Crippen LogP contribution in [-0.4, -0.2) is 28.2 Å². The molecule has 1 amide bonds. The lowest BCUT2D eigenvalue weighted by Gasteiger charge is -2.13. The molecule has 1 saturated heterocycles. The zero-order valence-corrected chi connectivity index (χ0v) is 21.6. The zero-order chi connectivity index (χ0) is 24.5. The van der Waals surface area contributed by atoms with E-state index in [0.29, 0.717) is 22.2 Å². The Morgan fingerprint density at radius 3 is 2.74 bits per heavy atom. The van der Waals surface area contributed by atoms with Gasteiger partial charge in [-0.15, -0.1) is 11.3 Å². The Labute approximate surface area is 213 Å². The fourth-order valence-electron chi connectivity index (χ4n) is 4.61. The van der Waals surface area contributed by atoms with Crippen LogP contribution in [0.4, 0.5) is 5.69 Å². The second-order valence-electron chi connectivity index (χ2n) is 8.59. The van der Waals surface area contributed by atoms with E-state index in [1.807, 2.05) is 57.2 Å². The smallest absolute Gasteiger partial charge is 0.341 e. The normalized spacial score (nSPS) is 17.6. The third kappa shape index (κ3) is 4.60. The van der Waals surface area contributed by atoms with E-state index in [9.17, 15) is 9.59 Å². The minimum atomic E-state index is -0.248. The Morgan fingerprint density at radius 1 is 1.20 bits per heavy atom. The summed E-state index contributed by atoms with van der Waals surface area (Å²) in [5, 5.41) is 4.34. The summed E-state index contributed by atoms with van der Waals surface area (Å²) < 4.78 is 7.59. The largest absolute Gasteiger partial charge is 0.462 e. The molecule has 6 nitrogen and oxygen atoms in total. The minimum Gasteiger partial charge on any atom is -0.462 e. The van der Waals surface area contributed by atoms with Crippen molar-refractivity contribution >= 4 is 51.9 Å². The van der Waals surface area contributed by atoms with Crippen LogP contribution in [0.15, 0.2) is 46.3 Å². The van der Waals surface area contributed by atoms with E-state index < -0.39 is 0 Å². The Morgan fingerprint density at radius 2 is 1.97 bits per heavy atom. The molecule has 180 valence electrons. The van der Waals surface area contributed by atoms with Gasteiger partial charge in [-0.3, -0.25) is 4.79 Å². The second kappa shape index (κ2) is 9.87. The van der Waals surface area contributed by atoms with E-state index in [-0.39, 0.29) is 11.9 Å². The summed E-state index contributed by atoms with van der Waals surface area (Å²) in [5.74, 6) is -0.407. The van der Waals surface area contributed by atoms with E-state index in [1.54, 1.807) is 11.3 Å². The van der Waals surface area contributed by atoms with Crippen molar-refractivity contribution in [3.8, 4) is 5.00 Å². The Balaban J connectivity index is 1.52. The van der Waals surface area contributed by atoms with Crippen LogP contribution in [0.5, 0.6) is 0 Å². The summed E-state index contributed by atoms with van der Waals surface area (Å²) >= 11 is 3.03. The van der Waals surface area contributed by atoms with Crippen molar-refractivity contribution in [3.05, 3.63) is 74.3 Å². The van der Waals surface area contributed by atoms with Crippen LogP contribution < -0.4 is 5.32 Å². The molecule has 8 heteroatoms. The highest BCUT2D eigenvalue weighted by Crippen LogP contribution is 2.39. The molecule has 0 spiro atoms. The van der Waals surface area contributed by atoms with Crippen molar-refractivity contribution in [1.29, 1.82) is 0 Å². The molecule has 2 aromatic heterocycles. The maximum atomic E-state index is 13.0. The molecule has 5 rings (SSSR count). The number of hydrogen-bond donors (Lipinski definition) is 1. The van der Waals surface area contributed by atoms with Crippen molar-refractivity contribution in [3.63, 3.8) is 0 Å². The highest BCUT2D eigenvalue weighted by Gasteiger charge is 2.29. The number of hydrogen-bond acceptors (Lipinski definition) is 6. The number of amidine groups is 1. The Kier molecular flexibility index (Phi) is 6.67. The van der Waals surface area contributed by atoms with Crippen LogP contribution in [0.2, 0.25) is 0 Å². The number of aryl methyl sites for hydroxylation is 2. The molecule has 3 heterocycles. The van der Waals surface area contributed by atoms with Crippen LogP contribution in [0.25, 0.3) is 11.1 Å². The van der Waals surface area contributed by atoms with Gasteiger partial charge in [-0.2, -0.15) is 0 Å². The number of nitrogens with zero attached hydrogens (tertiary/aromatic N) is 2. The summed E-state index contributed by atoms with van der Waals surface area (Å²) in [6, 6.07) is 11.6. The van der Waals surface area contributed by atoms with E-state index in [1.165, 1.54) is 16.6 Å². The van der Waals surface area contributed by atoms with Gasteiger partial charge in [-0.05, 0) is 93.6 Å². The van der Waals surface area contributed by atoms with Crippen molar-refractivity contribution in [1.82, 2.24) is 9.88 Å². The highest BCUT2D eigenvalue weighted by atomic mass is 32.2. The number of para-hydroxylation sites is 1. The van der Waals surface area contributed by atoms with Crippen LogP contribution >= 0.6 is 23.1 Å². The number of aromatic nitrogens is 1. The summed E-state index contributed by atoms with van der Waals surface area (Å²) in [6.45, 7) is 6.26. The average Bonchev–Trinajstić information content (AvgIpc) is 3.47. The van der Waals surface area contributed by atoms with Gasteiger partial charge in [0.15, 0.2) is 5.17 Å². The van der Waals surface area contributed by atoms with Crippen molar-refractivity contribution < 1.29 is 14.3 Å². The predicted octanol–water partition coefficient (Wildman–Crippen LogP) is 6.10. The van der Waals surface area contributed by atoms with Gasteiger partial charge in [-0.1, -0.05) is 18.2 Å². The minimum absolute atomic E-state index is 0.159. The van der Waals surface area contributed by atoms with Crippen LogP contribution in [0, 0.1) is 13.8 Å². The number of nitrogens with one attached hydrogen (secondary N) is 1. The highest BCUT2D eigenvalue weighted by molar-refractivity contribution is 8.18. The number of amides is 1. The van der Waals surface area contributed by atoms with Gasteiger partial charge in [0.05, 0.1) is 22.8 Å². The lowest BCUT2D eigenvalue weighted by molar-refractivity contribution is -0.115. The van der Waals surface area contributed by atoms with Crippen molar-refractivity contribution in [2.24, 2.45) is 4.99 Å². The topological polar surface area (TPSA) is 72.7 Å². The Bertz CT molecular complexity index is 1370. The third-order valence-electron chi connectivity index (χ3n) is 6.23. The summed E-state index contributed by atoms with van der Waals surface area (Å²) in [7, 11) is 0. The first kappa shape index (κ1) is 23.6. The molecule has 35 heavy (non-hydrogen) atoms. The number of thioether (sulfide) groups is 1. The Hall–Kier alpha value is -3.10. The van der Waals surface area contributed by atoms with Crippen LogP contribution in [0.3, 0.4) is 0 Å². The number of carbonyl (C=O) groups excluding carboxylic acids is 2. The number of ether oxygens (including phenoxy) is 1. The number of carbonyl (C=O) groups is 2. The van der Waals surface area contributed by atoms with E-state index in [0.717, 1.165) is 58.9 Å². The van der Waals surface area contributed by atoms with Gasteiger partial charge in [-0.25, -0.2) is 9.79 Å². The molecule has 0 unspecified atom stereocenters. The molecule has 0 bridgehead atoms. The molecule has 1 aliphatic carbocycles. The predicted molar refractivity (Wildman–Crippen MR) is 143 cm³/mol. The van der Waals surface area contributed by atoms with Gasteiger partial charge < -0.3 is 14.6 Å². The number of thiophene rings is 1. The maximum Gasteiger partial charge on any atom is 0.341 e. The van der Waals surface area contributed by atoms with Gasteiger partial charge in [0.1, 0.15) is 5.00 Å². The first-order chi connectivity index (χ1) is 17.0. The molecular weight excluding hydrogens is 478 g/mol. The lowest BCUT2D eigenvalue weighted by atomic mass is 9.95. The van der Waals surface area contributed by atoms with Crippen molar-refractivity contribution in [2.45, 2.75) is 46.5 Å². The summed E-state index contributed by atoms with van der Waals surface area (Å²) in [5.41, 5.74) is 5.60. The first-order valence-corrected chi connectivity index (χ1v) is 13.4. The molecular formula is C27H27N3O3S2. The van der Waals surface area contributed by atoms with Gasteiger partial charge in [0.2, 0.25) is 0 Å². The maximum absolute atomic E-state index is 13.0. The van der Waals surface area contributed by atoms with E-state index in [4.69, 9.17) is 4.74 Å². The third-order valence-corrected chi connectivity index (χ3v) is 8.42. The molecule has 0 radical (unpaired) electrons. The van der Waals surface area contributed by atoms with Crippen LogP contribution in [0.1, 0.15) is 57.5 Å². The number of benzene rings is 1. The zero-order valence-electron chi connectivity index (χ0n) is 20.0. The standard InChI is InChI=1S/C27H27N3O3S2/c1-4-33-26(32)23-20-12-8-9-13-21(20)34-25(23)30-16(2)14-18(17(30)3)15-22-24(31)29-27(35-22)28-19-10-6-5-7-11-19/h5-7,10-11,14-15H,4,8-9,12-13H2,1-3H3,(H,28,29,31)/b22-15+. The molecule has 1 aromatic carbocycles. The number of esters is 1. The fraction of sp³-hybridized carbons (Fsp3) is 0.296. The van der Waals surface area contributed by atoms with Crippen molar-refractivity contribution in [2.75, 3.05) is 6.61 Å². The molecule has 1 aliphatic heterocycles. The molecule has 1 N–H and O–H groups in total. The van der Waals surface area contributed by atoms with E-state index in [2.05, 4.69) is 20.9 Å². The van der Waals surface area contributed by atoms with Gasteiger partial charge in [0.25, 0.3) is 5.91 Å². The lowest BCUT2D eigenvalue weighted by Crippen LogP contribution is -2.19. The number of aliphatic imine (C=N–C) groups is 1. The first-order valence-electron chi connectivity index (χ1n) is 11.8. The second-order valence-corrected chi connectivity index (χ2v) is 10.7. The molecule has 1 fully saturated rings. The summed E-state index contributed by atoms with van der Waals surface area (Å²) in [6.07, 6.45) is 6.06. The molecule has 2 aliphatic rings. The van der Waals surface area contributed by atoms with E-state index >= 15 is 0 Å². The molecule has 0 saturated carbocycles. The summed E-state index contributed by atoms with van der Waals surface area (Å²) in [4.78, 5) is 32.1. The molecule has 0 atom stereocenters. The number of rotatable bonds is 5. The molecule has 3 aromatic rings. The monoisotopic (exact) mass is 505 g/mol. The quantitative estimate of drug-likeness (QED) is 0.336. The number of fused-ring (bicyclic) bond motifs is 1. The fourth-order valence-corrected chi connectivity index (χ4v) is 6.93. The van der Waals surface area contributed by atoms with Gasteiger partial charge in [0, 0.05) is 16.3 Å².